The largest absolute Gasteiger partial charge is 0.334 e. The van der Waals surface area contributed by atoms with Crippen molar-refractivity contribution >= 4 is 11.6 Å². The van der Waals surface area contributed by atoms with Crippen LogP contribution in [0, 0.1) is 0 Å². The van der Waals surface area contributed by atoms with E-state index >= 15 is 0 Å². The fourth-order valence-electron chi connectivity index (χ4n) is 3.28. The molecule has 2 heterocycles. The summed E-state index contributed by atoms with van der Waals surface area (Å²) in [6.07, 6.45) is 10.4. The minimum absolute atomic E-state index is 0.0814. The van der Waals surface area contributed by atoms with Gasteiger partial charge >= 0.3 is 0 Å². The molecule has 0 saturated carbocycles. The van der Waals surface area contributed by atoms with Gasteiger partial charge in [0.25, 0.3) is 0 Å². The molecule has 0 radical (unpaired) electrons. The zero-order valence-corrected chi connectivity index (χ0v) is 14.8. The van der Waals surface area contributed by atoms with Gasteiger partial charge in [-0.25, -0.2) is 4.98 Å². The van der Waals surface area contributed by atoms with E-state index in [9.17, 15) is 4.79 Å². The minimum atomic E-state index is 0.0814. The number of benzene rings is 1. The lowest BCUT2D eigenvalue weighted by atomic mass is 10.1. The van der Waals surface area contributed by atoms with E-state index in [1.54, 1.807) is 0 Å². The van der Waals surface area contributed by atoms with E-state index in [-0.39, 0.29) is 5.91 Å². The lowest BCUT2D eigenvalue weighted by Gasteiger charge is -2.11. The summed E-state index contributed by atoms with van der Waals surface area (Å²) >= 11 is 0. The van der Waals surface area contributed by atoms with Crippen molar-refractivity contribution in [2.75, 3.05) is 11.9 Å². The standard InChI is InChI=1S/C20H28N4O/c21-13-5-2-1-3-8-20(25)22-17-11-9-16(10-12-17)18-15-24-14-6-4-7-19(24)23-18/h9-12,15H,1-8,13-14,21H2,(H,22,25). The molecule has 0 bridgehead atoms. The lowest BCUT2D eigenvalue weighted by molar-refractivity contribution is -0.116. The van der Waals surface area contributed by atoms with E-state index in [4.69, 9.17) is 10.7 Å². The van der Waals surface area contributed by atoms with Crippen LogP contribution < -0.4 is 11.1 Å². The molecule has 5 nitrogen and oxygen atoms in total. The zero-order valence-electron chi connectivity index (χ0n) is 14.8. The molecule has 0 aliphatic carbocycles. The number of aromatic nitrogens is 2. The van der Waals surface area contributed by atoms with Crippen LogP contribution >= 0.6 is 0 Å². The smallest absolute Gasteiger partial charge is 0.224 e. The maximum Gasteiger partial charge on any atom is 0.224 e. The van der Waals surface area contributed by atoms with Gasteiger partial charge in [-0.3, -0.25) is 4.79 Å². The number of anilines is 1. The number of rotatable bonds is 8. The van der Waals surface area contributed by atoms with Gasteiger partial charge in [0.2, 0.25) is 5.91 Å². The average Bonchev–Trinajstić information content (AvgIpc) is 3.06. The highest BCUT2D eigenvalue weighted by molar-refractivity contribution is 5.90. The molecule has 5 heteroatoms. The molecule has 1 aromatic heterocycles. The molecule has 0 saturated heterocycles. The van der Waals surface area contributed by atoms with E-state index in [1.807, 2.05) is 24.3 Å². The molecule has 1 aliphatic rings. The Morgan fingerprint density at radius 1 is 1.12 bits per heavy atom. The topological polar surface area (TPSA) is 72.9 Å². The van der Waals surface area contributed by atoms with Gasteiger partial charge in [0, 0.05) is 36.8 Å². The molecule has 1 aromatic carbocycles. The third kappa shape index (κ3) is 4.92. The highest BCUT2D eigenvalue weighted by Gasteiger charge is 2.13. The lowest BCUT2D eigenvalue weighted by Crippen LogP contribution is -2.11. The fourth-order valence-corrected chi connectivity index (χ4v) is 3.28. The summed E-state index contributed by atoms with van der Waals surface area (Å²) in [6.45, 7) is 1.81. The van der Waals surface area contributed by atoms with Gasteiger partial charge in [0.05, 0.1) is 5.69 Å². The van der Waals surface area contributed by atoms with Crippen LogP contribution in [-0.2, 0) is 17.8 Å². The monoisotopic (exact) mass is 340 g/mol. The number of amides is 1. The number of unbranched alkanes of at least 4 members (excludes halogenated alkanes) is 3. The van der Waals surface area contributed by atoms with E-state index in [0.717, 1.165) is 62.1 Å². The Morgan fingerprint density at radius 3 is 2.68 bits per heavy atom. The molecule has 3 rings (SSSR count). The molecule has 0 fully saturated rings. The van der Waals surface area contributed by atoms with E-state index in [0.29, 0.717) is 6.42 Å². The van der Waals surface area contributed by atoms with Crippen molar-refractivity contribution in [1.82, 2.24) is 9.55 Å². The maximum absolute atomic E-state index is 12.0. The van der Waals surface area contributed by atoms with Crippen molar-refractivity contribution in [3.8, 4) is 11.3 Å². The average molecular weight is 340 g/mol. The number of carbonyl (C=O) groups is 1. The van der Waals surface area contributed by atoms with Crippen LogP contribution in [-0.4, -0.2) is 22.0 Å². The first-order valence-corrected chi connectivity index (χ1v) is 9.42. The third-order valence-electron chi connectivity index (χ3n) is 4.73. The summed E-state index contributed by atoms with van der Waals surface area (Å²) in [5.41, 5.74) is 8.44. The van der Waals surface area contributed by atoms with Gasteiger partial charge in [0.15, 0.2) is 0 Å². The van der Waals surface area contributed by atoms with Gasteiger partial charge < -0.3 is 15.6 Å². The highest BCUT2D eigenvalue weighted by atomic mass is 16.1. The fraction of sp³-hybridized carbons (Fsp3) is 0.500. The molecule has 25 heavy (non-hydrogen) atoms. The first kappa shape index (κ1) is 17.7. The van der Waals surface area contributed by atoms with Gasteiger partial charge in [-0.1, -0.05) is 25.0 Å². The number of nitrogens with zero attached hydrogens (tertiary/aromatic N) is 2. The molecule has 2 aromatic rings. The Kier molecular flexibility index (Phi) is 6.23. The molecule has 0 unspecified atom stereocenters. The molecule has 1 amide bonds. The van der Waals surface area contributed by atoms with Crippen molar-refractivity contribution in [3.05, 3.63) is 36.3 Å². The van der Waals surface area contributed by atoms with Gasteiger partial charge in [-0.2, -0.15) is 0 Å². The second-order valence-electron chi connectivity index (χ2n) is 6.77. The van der Waals surface area contributed by atoms with Crippen LogP contribution in [0.1, 0.15) is 50.8 Å². The van der Waals surface area contributed by atoms with Crippen molar-refractivity contribution < 1.29 is 4.79 Å². The Labute approximate surface area is 149 Å². The Hall–Kier alpha value is -2.14. The summed E-state index contributed by atoms with van der Waals surface area (Å²) < 4.78 is 2.26. The van der Waals surface area contributed by atoms with E-state index in [2.05, 4.69) is 16.1 Å². The highest BCUT2D eigenvalue weighted by Crippen LogP contribution is 2.24. The van der Waals surface area contributed by atoms with Gasteiger partial charge in [-0.15, -0.1) is 0 Å². The zero-order chi connectivity index (χ0) is 17.5. The molecule has 0 spiro atoms. The number of imidazole rings is 1. The second-order valence-corrected chi connectivity index (χ2v) is 6.77. The van der Waals surface area contributed by atoms with Crippen molar-refractivity contribution in [3.63, 3.8) is 0 Å². The minimum Gasteiger partial charge on any atom is -0.334 e. The third-order valence-corrected chi connectivity index (χ3v) is 4.73. The Bertz CT molecular complexity index is 667. The number of hydrogen-bond acceptors (Lipinski definition) is 3. The van der Waals surface area contributed by atoms with Crippen LogP contribution in [0.2, 0.25) is 0 Å². The molecule has 3 N–H and O–H groups in total. The van der Waals surface area contributed by atoms with Crippen molar-refractivity contribution in [1.29, 1.82) is 0 Å². The Balaban J connectivity index is 1.52. The number of aryl methyl sites for hydroxylation is 2. The van der Waals surface area contributed by atoms with Gasteiger partial charge in [-0.05, 0) is 44.4 Å². The summed E-state index contributed by atoms with van der Waals surface area (Å²) in [5.74, 6) is 1.27. The van der Waals surface area contributed by atoms with Crippen molar-refractivity contribution in [2.45, 2.75) is 57.9 Å². The maximum atomic E-state index is 12.0. The molecular formula is C20H28N4O. The first-order chi connectivity index (χ1) is 12.3. The van der Waals surface area contributed by atoms with Crippen LogP contribution in [0.15, 0.2) is 30.5 Å². The molecular weight excluding hydrogens is 312 g/mol. The number of fused-ring (bicyclic) bond motifs is 1. The summed E-state index contributed by atoms with van der Waals surface area (Å²) in [7, 11) is 0. The van der Waals surface area contributed by atoms with E-state index < -0.39 is 0 Å². The quantitative estimate of drug-likeness (QED) is 0.719. The van der Waals surface area contributed by atoms with Crippen LogP contribution in [0.4, 0.5) is 5.69 Å². The van der Waals surface area contributed by atoms with Crippen LogP contribution in [0.5, 0.6) is 0 Å². The summed E-state index contributed by atoms with van der Waals surface area (Å²) in [6, 6.07) is 7.98. The van der Waals surface area contributed by atoms with Crippen molar-refractivity contribution in [2.24, 2.45) is 5.73 Å². The Morgan fingerprint density at radius 2 is 1.92 bits per heavy atom. The molecule has 134 valence electrons. The predicted octanol–water partition coefficient (Wildman–Crippen LogP) is 3.73. The first-order valence-electron chi connectivity index (χ1n) is 9.42. The number of hydrogen-bond donors (Lipinski definition) is 2. The summed E-state index contributed by atoms with van der Waals surface area (Å²) in [4.78, 5) is 16.7. The summed E-state index contributed by atoms with van der Waals surface area (Å²) in [5, 5.41) is 2.97. The van der Waals surface area contributed by atoms with Gasteiger partial charge in [0.1, 0.15) is 5.82 Å². The number of nitrogens with two attached hydrogens (primary N) is 1. The molecule has 0 atom stereocenters. The number of carbonyl (C=O) groups excluding carboxylic acids is 1. The normalized spacial score (nSPS) is 13.5. The van der Waals surface area contributed by atoms with E-state index in [1.165, 1.54) is 18.7 Å². The van der Waals surface area contributed by atoms with Crippen LogP contribution in [0.25, 0.3) is 11.3 Å². The number of nitrogens with one attached hydrogen (secondary N) is 1. The van der Waals surface area contributed by atoms with Crippen LogP contribution in [0.3, 0.4) is 0 Å². The molecule has 1 aliphatic heterocycles. The second kappa shape index (κ2) is 8.81. The SMILES string of the molecule is NCCCCCCC(=O)Nc1ccc(-c2cn3c(n2)CCCC3)cc1. The predicted molar refractivity (Wildman–Crippen MR) is 101 cm³/mol.